The molecular formula is C66H64F4N2Si2. The topological polar surface area (TPSA) is 6.48 Å². The molecule has 74 heavy (non-hydrogen) atoms. The summed E-state index contributed by atoms with van der Waals surface area (Å²) in [5.74, 6) is -2.67. The van der Waals surface area contributed by atoms with Gasteiger partial charge in [-0.15, -0.1) is 0 Å². The van der Waals surface area contributed by atoms with Crippen molar-refractivity contribution >= 4 is 93.0 Å². The molecule has 0 N–H and O–H groups in total. The van der Waals surface area contributed by atoms with Crippen molar-refractivity contribution in [2.24, 2.45) is 0 Å². The first kappa shape index (κ1) is 50.5. The molecule has 0 heterocycles. The van der Waals surface area contributed by atoms with Gasteiger partial charge in [0.2, 0.25) is 0 Å². The summed E-state index contributed by atoms with van der Waals surface area (Å²) in [4.78, 5) is 3.83. The first-order valence-corrected chi connectivity index (χ1v) is 32.6. The molecule has 0 fully saturated rings. The van der Waals surface area contributed by atoms with Crippen LogP contribution in [-0.2, 0) is 10.8 Å². The predicted molar refractivity (Wildman–Crippen MR) is 314 cm³/mol. The van der Waals surface area contributed by atoms with Crippen molar-refractivity contribution < 1.29 is 17.6 Å². The number of hydrogen-bond donors (Lipinski definition) is 0. The molecule has 0 bridgehead atoms. The highest BCUT2D eigenvalue weighted by atomic mass is 28.3. The maximum atomic E-state index is 16.9. The number of hydrogen-bond acceptors (Lipinski definition) is 2. The first-order valence-electron chi connectivity index (χ1n) is 25.6. The van der Waals surface area contributed by atoms with Crippen molar-refractivity contribution in [1.29, 1.82) is 0 Å². The second-order valence-corrected chi connectivity index (χ2v) is 34.2. The third kappa shape index (κ3) is 9.32. The van der Waals surface area contributed by atoms with Gasteiger partial charge in [0.15, 0.2) is 0 Å². The molecule has 2 nitrogen and oxygen atoms in total. The largest absolute Gasteiger partial charge is 0.307 e. The van der Waals surface area contributed by atoms with Crippen molar-refractivity contribution in [2.75, 3.05) is 9.80 Å². The van der Waals surface area contributed by atoms with Gasteiger partial charge >= 0.3 is 0 Å². The van der Waals surface area contributed by atoms with E-state index in [1.165, 1.54) is 10.4 Å². The second kappa shape index (κ2) is 18.4. The molecule has 0 spiro atoms. The maximum Gasteiger partial charge on any atom is 0.150 e. The lowest BCUT2D eigenvalue weighted by atomic mass is 9.86. The van der Waals surface area contributed by atoms with Gasteiger partial charge in [-0.05, 0) is 103 Å². The minimum atomic E-state index is -1.72. The number of rotatable bonds is 10. The van der Waals surface area contributed by atoms with Gasteiger partial charge in [0, 0.05) is 45.4 Å². The Morgan fingerprint density at radius 3 is 0.973 bits per heavy atom. The molecule has 0 aromatic heterocycles. The summed E-state index contributed by atoms with van der Waals surface area (Å²) in [6, 6.07) is 54.2. The number of halogens is 4. The number of anilines is 6. The molecule has 0 aliphatic heterocycles. The van der Waals surface area contributed by atoms with E-state index >= 15 is 17.6 Å². The Kier molecular flexibility index (Phi) is 12.6. The quantitative estimate of drug-likeness (QED) is 0.0765. The predicted octanol–water partition coefficient (Wildman–Crippen LogP) is 19.1. The van der Waals surface area contributed by atoms with E-state index in [4.69, 9.17) is 0 Å². The minimum absolute atomic E-state index is 0.100. The van der Waals surface area contributed by atoms with Gasteiger partial charge in [0.1, 0.15) is 23.3 Å². The van der Waals surface area contributed by atoms with Crippen LogP contribution in [0.1, 0.15) is 52.7 Å². The molecule has 0 aliphatic carbocycles. The minimum Gasteiger partial charge on any atom is -0.307 e. The van der Waals surface area contributed by atoms with Gasteiger partial charge in [0.05, 0.1) is 38.9 Å². The zero-order chi connectivity index (χ0) is 52.8. The van der Waals surface area contributed by atoms with Crippen LogP contribution in [0.3, 0.4) is 0 Å². The van der Waals surface area contributed by atoms with Crippen molar-refractivity contribution in [2.45, 2.75) is 91.7 Å². The molecule has 8 heteroatoms. The van der Waals surface area contributed by atoms with Gasteiger partial charge in [-0.25, -0.2) is 17.6 Å². The molecule has 0 radical (unpaired) electrons. The monoisotopic (exact) mass is 1020 g/mol. The van der Waals surface area contributed by atoms with E-state index in [0.29, 0.717) is 33.6 Å². The van der Waals surface area contributed by atoms with Crippen LogP contribution < -0.4 is 20.2 Å². The Morgan fingerprint density at radius 2 is 0.662 bits per heavy atom. The number of benzene rings is 10. The van der Waals surface area contributed by atoms with E-state index < -0.39 is 39.4 Å². The molecule has 10 rings (SSSR count). The van der Waals surface area contributed by atoms with Crippen LogP contribution in [0.4, 0.5) is 51.7 Å². The van der Waals surface area contributed by atoms with Gasteiger partial charge < -0.3 is 9.80 Å². The fraction of sp³-hybridized carbons (Fsp3) is 0.212. The summed E-state index contributed by atoms with van der Waals surface area (Å²) >= 11 is 0. The highest BCUT2D eigenvalue weighted by Gasteiger charge is 2.28. The molecule has 0 amide bonds. The van der Waals surface area contributed by atoms with Crippen LogP contribution in [-0.4, -0.2) is 16.1 Å². The standard InChI is InChI=1S/C66H64F4N2Si2/c1-65(2,3)45-21-13-41(14-22-45)53-37-61(57(69)39-55(53)67)71(47-25-29-49(30-26-47)73(7,8)9)59-35-19-43-18-34-52-60(36-20-44-17-33-51(59)63(43)64(44)52)72(48-27-31-50(32-28-48)74(10,11)12)62-38-54(56(68)40-58(62)70)42-15-23-46(24-16-42)66(4,5)6/h13-40H,1-12H3. The Hall–Kier alpha value is -7.01. The second-order valence-electron chi connectivity index (χ2n) is 24.1. The van der Waals surface area contributed by atoms with E-state index in [2.05, 4.69) is 141 Å². The highest BCUT2D eigenvalue weighted by molar-refractivity contribution is 6.89. The Labute approximate surface area is 436 Å². The average molecular weight is 1020 g/mol. The van der Waals surface area contributed by atoms with Crippen LogP contribution in [0.5, 0.6) is 0 Å². The van der Waals surface area contributed by atoms with Gasteiger partial charge in [-0.1, -0.05) is 200 Å². The van der Waals surface area contributed by atoms with E-state index in [1.54, 1.807) is 12.1 Å². The van der Waals surface area contributed by atoms with Crippen molar-refractivity contribution in [3.8, 4) is 22.3 Å². The Bertz CT molecular complexity index is 3480. The van der Waals surface area contributed by atoms with Crippen LogP contribution in [0.2, 0.25) is 39.3 Å². The lowest BCUT2D eigenvalue weighted by Gasteiger charge is -2.30. The number of nitrogens with zero attached hydrogens (tertiary/aromatic N) is 2. The molecule has 374 valence electrons. The van der Waals surface area contributed by atoms with Gasteiger partial charge in [-0.3, -0.25) is 0 Å². The summed E-state index contributed by atoms with van der Waals surface area (Å²) in [5, 5.41) is 8.03. The van der Waals surface area contributed by atoms with Crippen LogP contribution >= 0.6 is 0 Å². The molecule has 0 atom stereocenters. The van der Waals surface area contributed by atoms with E-state index in [-0.39, 0.29) is 22.2 Å². The maximum absolute atomic E-state index is 16.9. The van der Waals surface area contributed by atoms with E-state index in [9.17, 15) is 0 Å². The van der Waals surface area contributed by atoms with Gasteiger partial charge in [0.25, 0.3) is 0 Å². The summed E-state index contributed by atoms with van der Waals surface area (Å²) in [7, 11) is -3.45. The SMILES string of the molecule is CC(C)(C)c1ccc(-c2cc(N(c3ccc([Si](C)(C)C)cc3)c3ccc4ccc5c(N(c6ccc([Si](C)(C)C)cc6)c6cc(-c7ccc(C(C)(C)C)cc7)c(F)cc6F)ccc6ccc3c4c65)c(F)cc2F)cc1. The van der Waals surface area contributed by atoms with E-state index in [0.717, 1.165) is 67.0 Å². The summed E-state index contributed by atoms with van der Waals surface area (Å²) in [6.45, 7) is 26.6. The zero-order valence-corrected chi connectivity index (χ0v) is 46.6. The lowest BCUT2D eigenvalue weighted by Crippen LogP contribution is -2.37. The third-order valence-electron chi connectivity index (χ3n) is 14.8. The average Bonchev–Trinajstić information content (AvgIpc) is 3.36. The zero-order valence-electron chi connectivity index (χ0n) is 44.6. The lowest BCUT2D eigenvalue weighted by molar-refractivity contribution is 0.585. The summed E-state index contributed by atoms with van der Waals surface area (Å²) < 4.78 is 66.2. The molecule has 0 saturated heterocycles. The van der Waals surface area contributed by atoms with Crippen molar-refractivity contribution in [3.05, 3.63) is 204 Å². The fourth-order valence-electron chi connectivity index (χ4n) is 10.4. The Morgan fingerprint density at radius 1 is 0.338 bits per heavy atom. The molecule has 10 aromatic rings. The van der Waals surface area contributed by atoms with Crippen molar-refractivity contribution in [1.82, 2.24) is 0 Å². The normalized spacial score (nSPS) is 12.6. The summed E-state index contributed by atoms with van der Waals surface area (Å²) in [5.41, 5.74) is 7.21. The first-order chi connectivity index (χ1) is 34.9. The molecule has 10 aromatic carbocycles. The fourth-order valence-corrected chi connectivity index (χ4v) is 12.7. The van der Waals surface area contributed by atoms with E-state index in [1.807, 2.05) is 94.7 Å². The highest BCUT2D eigenvalue weighted by Crippen LogP contribution is 2.49. The van der Waals surface area contributed by atoms with Crippen LogP contribution in [0, 0.1) is 23.3 Å². The Balaban J connectivity index is 1.20. The van der Waals surface area contributed by atoms with Gasteiger partial charge in [-0.2, -0.15) is 0 Å². The molecule has 0 unspecified atom stereocenters. The van der Waals surface area contributed by atoms with Crippen LogP contribution in [0.15, 0.2) is 170 Å². The molecule has 0 saturated carbocycles. The van der Waals surface area contributed by atoms with Crippen LogP contribution in [0.25, 0.3) is 54.6 Å². The summed E-state index contributed by atoms with van der Waals surface area (Å²) in [6.07, 6.45) is 0. The van der Waals surface area contributed by atoms with Crippen molar-refractivity contribution in [3.63, 3.8) is 0 Å². The molecular weight excluding hydrogens is 953 g/mol. The third-order valence-corrected chi connectivity index (χ3v) is 18.9. The smallest absolute Gasteiger partial charge is 0.150 e. The molecule has 0 aliphatic rings.